The quantitative estimate of drug-likeness (QED) is 0.520. The molecule has 0 aromatic carbocycles. The van der Waals surface area contributed by atoms with Gasteiger partial charge in [-0.25, -0.2) is 4.98 Å². The van der Waals surface area contributed by atoms with Crippen molar-refractivity contribution in [1.29, 1.82) is 0 Å². The van der Waals surface area contributed by atoms with Crippen molar-refractivity contribution in [3.8, 4) is 0 Å². The number of aromatic nitrogens is 1. The first-order valence-corrected chi connectivity index (χ1v) is 5.33. The summed E-state index contributed by atoms with van der Waals surface area (Å²) >= 11 is 0. The maximum atomic E-state index is 10.6. The summed E-state index contributed by atoms with van der Waals surface area (Å²) in [6.45, 7) is 4.51. The topological polar surface area (TPSA) is 120 Å². The third-order valence-corrected chi connectivity index (χ3v) is 2.49. The van der Waals surface area contributed by atoms with Gasteiger partial charge in [0.1, 0.15) is 5.82 Å². The fourth-order valence-electron chi connectivity index (χ4n) is 1.39. The molecule has 0 radical (unpaired) electrons. The van der Waals surface area contributed by atoms with Crippen LogP contribution in [-0.2, 0) is 0 Å². The van der Waals surface area contributed by atoms with Gasteiger partial charge in [0.25, 0.3) is 0 Å². The number of nitro groups is 1. The molecular formula is C10H17N5O2. The number of rotatable bonds is 5. The Labute approximate surface area is 99.4 Å². The van der Waals surface area contributed by atoms with Crippen LogP contribution >= 0.6 is 0 Å². The van der Waals surface area contributed by atoms with Crippen LogP contribution in [0.1, 0.15) is 13.8 Å². The highest BCUT2D eigenvalue weighted by atomic mass is 16.6. The SMILES string of the molecule is CC(C)C(CN)Nc1ccc([N+](=O)[O-])c(N)n1. The summed E-state index contributed by atoms with van der Waals surface area (Å²) in [5.74, 6) is 0.731. The zero-order valence-electron chi connectivity index (χ0n) is 9.88. The number of hydrogen-bond donors (Lipinski definition) is 3. The van der Waals surface area contributed by atoms with Gasteiger partial charge in [0.15, 0.2) is 0 Å². The largest absolute Gasteiger partial charge is 0.378 e. The van der Waals surface area contributed by atoms with Crippen LogP contribution in [0.5, 0.6) is 0 Å². The van der Waals surface area contributed by atoms with Crippen molar-refractivity contribution in [2.45, 2.75) is 19.9 Å². The molecule has 0 fully saturated rings. The monoisotopic (exact) mass is 239 g/mol. The number of nitrogen functional groups attached to an aromatic ring is 1. The van der Waals surface area contributed by atoms with Crippen LogP contribution in [0.2, 0.25) is 0 Å². The van der Waals surface area contributed by atoms with Crippen LogP contribution < -0.4 is 16.8 Å². The van der Waals surface area contributed by atoms with E-state index in [2.05, 4.69) is 10.3 Å². The zero-order chi connectivity index (χ0) is 13.0. The smallest absolute Gasteiger partial charge is 0.311 e. The molecular weight excluding hydrogens is 222 g/mol. The van der Waals surface area contributed by atoms with Crippen molar-refractivity contribution in [2.24, 2.45) is 11.7 Å². The van der Waals surface area contributed by atoms with Crippen molar-refractivity contribution in [1.82, 2.24) is 4.98 Å². The fraction of sp³-hybridized carbons (Fsp3) is 0.500. The standard InChI is InChI=1S/C10H17N5O2/c1-6(2)7(5-11)13-9-4-3-8(15(16)17)10(12)14-9/h3-4,6-7H,5,11H2,1-2H3,(H3,12,13,14). The van der Waals surface area contributed by atoms with Crippen LogP contribution in [0.15, 0.2) is 12.1 Å². The van der Waals surface area contributed by atoms with E-state index in [-0.39, 0.29) is 17.5 Å². The second-order valence-corrected chi connectivity index (χ2v) is 4.09. The molecule has 1 unspecified atom stereocenters. The van der Waals surface area contributed by atoms with E-state index in [1.165, 1.54) is 12.1 Å². The molecule has 0 aliphatic carbocycles. The molecule has 0 spiro atoms. The van der Waals surface area contributed by atoms with Gasteiger partial charge in [-0.05, 0) is 12.0 Å². The van der Waals surface area contributed by atoms with Crippen LogP contribution in [0.25, 0.3) is 0 Å². The van der Waals surface area contributed by atoms with Crippen molar-refractivity contribution in [2.75, 3.05) is 17.6 Å². The van der Waals surface area contributed by atoms with Gasteiger partial charge in [0, 0.05) is 18.7 Å². The van der Waals surface area contributed by atoms with Crippen LogP contribution in [0, 0.1) is 16.0 Å². The Bertz CT molecular complexity index is 408. The lowest BCUT2D eigenvalue weighted by molar-refractivity contribution is -0.384. The van der Waals surface area contributed by atoms with E-state index in [0.717, 1.165) is 0 Å². The number of pyridine rings is 1. The molecule has 7 nitrogen and oxygen atoms in total. The summed E-state index contributed by atoms with van der Waals surface area (Å²) in [6.07, 6.45) is 0. The first-order valence-electron chi connectivity index (χ1n) is 5.33. The van der Waals surface area contributed by atoms with Crippen molar-refractivity contribution in [3.63, 3.8) is 0 Å². The molecule has 0 saturated carbocycles. The first-order chi connectivity index (χ1) is 7.95. The average molecular weight is 239 g/mol. The molecule has 0 bridgehead atoms. The van der Waals surface area contributed by atoms with Crippen molar-refractivity contribution >= 4 is 17.3 Å². The van der Waals surface area contributed by atoms with Crippen LogP contribution in [0.4, 0.5) is 17.3 Å². The predicted octanol–water partition coefficient (Wildman–Crippen LogP) is 0.967. The maximum absolute atomic E-state index is 10.6. The van der Waals surface area contributed by atoms with Gasteiger partial charge in [0.2, 0.25) is 5.82 Å². The fourth-order valence-corrected chi connectivity index (χ4v) is 1.39. The molecule has 1 aromatic rings. The van der Waals surface area contributed by atoms with E-state index in [0.29, 0.717) is 18.3 Å². The van der Waals surface area contributed by atoms with Gasteiger partial charge < -0.3 is 16.8 Å². The molecule has 5 N–H and O–H groups in total. The Morgan fingerprint density at radius 2 is 2.18 bits per heavy atom. The number of anilines is 2. The highest BCUT2D eigenvalue weighted by Gasteiger charge is 2.15. The highest BCUT2D eigenvalue weighted by Crippen LogP contribution is 2.21. The first kappa shape index (κ1) is 13.2. The second kappa shape index (κ2) is 5.44. The number of hydrogen-bond acceptors (Lipinski definition) is 6. The van der Waals surface area contributed by atoms with E-state index in [1.807, 2.05) is 13.8 Å². The van der Waals surface area contributed by atoms with Gasteiger partial charge in [-0.15, -0.1) is 0 Å². The number of nitrogens with zero attached hydrogens (tertiary/aromatic N) is 2. The molecule has 1 aromatic heterocycles. The third-order valence-electron chi connectivity index (χ3n) is 2.49. The van der Waals surface area contributed by atoms with Crippen molar-refractivity contribution < 1.29 is 4.92 Å². The lowest BCUT2D eigenvalue weighted by Gasteiger charge is -2.21. The predicted molar refractivity (Wildman–Crippen MR) is 66.6 cm³/mol. The minimum Gasteiger partial charge on any atom is -0.378 e. The zero-order valence-corrected chi connectivity index (χ0v) is 9.88. The molecule has 1 atom stereocenters. The summed E-state index contributed by atoms with van der Waals surface area (Å²) in [4.78, 5) is 13.9. The Hall–Kier alpha value is -1.89. The highest BCUT2D eigenvalue weighted by molar-refractivity contribution is 5.57. The Morgan fingerprint density at radius 1 is 1.53 bits per heavy atom. The van der Waals surface area contributed by atoms with Gasteiger partial charge in [-0.1, -0.05) is 13.8 Å². The molecule has 7 heteroatoms. The Morgan fingerprint density at radius 3 is 2.59 bits per heavy atom. The van der Waals surface area contributed by atoms with Crippen molar-refractivity contribution in [3.05, 3.63) is 22.2 Å². The summed E-state index contributed by atoms with van der Waals surface area (Å²) in [7, 11) is 0. The van der Waals surface area contributed by atoms with Crippen LogP contribution in [0.3, 0.4) is 0 Å². The van der Waals surface area contributed by atoms with Gasteiger partial charge in [-0.2, -0.15) is 0 Å². The molecule has 0 saturated heterocycles. The summed E-state index contributed by atoms with van der Waals surface area (Å²) < 4.78 is 0. The molecule has 94 valence electrons. The molecule has 1 heterocycles. The normalized spacial score (nSPS) is 12.5. The Balaban J connectivity index is 2.87. The second-order valence-electron chi connectivity index (χ2n) is 4.09. The number of nitrogens with two attached hydrogens (primary N) is 2. The summed E-state index contributed by atoms with van der Waals surface area (Å²) in [5, 5.41) is 13.7. The molecule has 0 aliphatic rings. The number of nitrogens with one attached hydrogen (secondary N) is 1. The van der Waals surface area contributed by atoms with E-state index in [4.69, 9.17) is 11.5 Å². The Kier molecular flexibility index (Phi) is 4.22. The van der Waals surface area contributed by atoms with Gasteiger partial charge >= 0.3 is 5.69 Å². The molecule has 1 rings (SSSR count). The molecule has 17 heavy (non-hydrogen) atoms. The summed E-state index contributed by atoms with van der Waals surface area (Å²) in [6, 6.07) is 2.92. The van der Waals surface area contributed by atoms with Crippen LogP contribution in [-0.4, -0.2) is 22.5 Å². The minimum absolute atomic E-state index is 0.0587. The maximum Gasteiger partial charge on any atom is 0.311 e. The van der Waals surface area contributed by atoms with E-state index >= 15 is 0 Å². The molecule has 0 amide bonds. The minimum atomic E-state index is -0.561. The lowest BCUT2D eigenvalue weighted by atomic mass is 10.1. The third kappa shape index (κ3) is 3.28. The summed E-state index contributed by atoms with van der Waals surface area (Å²) in [5.41, 5.74) is 10.9. The lowest BCUT2D eigenvalue weighted by Crippen LogP contribution is -2.34. The van der Waals surface area contributed by atoms with Gasteiger partial charge in [-0.3, -0.25) is 10.1 Å². The van der Waals surface area contributed by atoms with Gasteiger partial charge in [0.05, 0.1) is 4.92 Å². The molecule has 0 aliphatic heterocycles. The average Bonchev–Trinajstić information content (AvgIpc) is 2.24. The van der Waals surface area contributed by atoms with E-state index in [1.54, 1.807) is 0 Å². The van der Waals surface area contributed by atoms with E-state index < -0.39 is 4.92 Å². The van der Waals surface area contributed by atoms with E-state index in [9.17, 15) is 10.1 Å².